The lowest BCUT2D eigenvalue weighted by Gasteiger charge is -2.13. The number of guanidine groups is 1. The van der Waals surface area contributed by atoms with E-state index in [1.54, 1.807) is 7.11 Å². The van der Waals surface area contributed by atoms with Crippen LogP contribution in [-0.2, 0) is 6.42 Å². The van der Waals surface area contributed by atoms with Gasteiger partial charge in [0.15, 0.2) is 17.5 Å². The van der Waals surface area contributed by atoms with Crippen LogP contribution in [0.25, 0.3) is 0 Å². The third-order valence-corrected chi connectivity index (χ3v) is 4.23. The van der Waals surface area contributed by atoms with Crippen molar-refractivity contribution in [1.29, 1.82) is 0 Å². The van der Waals surface area contributed by atoms with E-state index in [-0.39, 0.29) is 0 Å². The van der Waals surface area contributed by atoms with Gasteiger partial charge in [0.25, 0.3) is 0 Å². The third-order valence-electron chi connectivity index (χ3n) is 4.23. The maximum atomic E-state index is 5.63. The molecular formula is C19H31N3O2. The fourth-order valence-corrected chi connectivity index (χ4v) is 2.67. The number of aliphatic imine (C=N–C) groups is 1. The lowest BCUT2D eigenvalue weighted by atomic mass is 10.1. The van der Waals surface area contributed by atoms with Gasteiger partial charge in [-0.25, -0.2) is 0 Å². The van der Waals surface area contributed by atoms with Crippen molar-refractivity contribution in [2.24, 2.45) is 10.9 Å². The second-order valence-corrected chi connectivity index (χ2v) is 6.18. The Bertz CT molecular complexity index is 527. The summed E-state index contributed by atoms with van der Waals surface area (Å²) in [4.78, 5) is 4.27. The van der Waals surface area contributed by atoms with Crippen molar-refractivity contribution in [1.82, 2.24) is 10.6 Å². The van der Waals surface area contributed by atoms with Gasteiger partial charge in [0, 0.05) is 20.1 Å². The van der Waals surface area contributed by atoms with Crippen molar-refractivity contribution in [3.05, 3.63) is 23.8 Å². The normalized spacial score (nSPS) is 14.4. The zero-order chi connectivity index (χ0) is 17.2. The molecule has 1 aromatic carbocycles. The number of rotatable bonds is 10. The zero-order valence-electron chi connectivity index (χ0n) is 15.2. The Hall–Kier alpha value is -1.91. The average molecular weight is 333 g/mol. The first kappa shape index (κ1) is 18.4. The largest absolute Gasteiger partial charge is 0.493 e. The fraction of sp³-hybridized carbons (Fsp3) is 0.632. The maximum Gasteiger partial charge on any atom is 0.190 e. The zero-order valence-corrected chi connectivity index (χ0v) is 15.2. The number of ether oxygens (including phenoxy) is 2. The van der Waals surface area contributed by atoms with Crippen molar-refractivity contribution < 1.29 is 9.47 Å². The molecule has 1 aliphatic rings. The average Bonchev–Trinajstić information content (AvgIpc) is 3.42. The van der Waals surface area contributed by atoms with Crippen LogP contribution in [0.5, 0.6) is 11.5 Å². The van der Waals surface area contributed by atoms with E-state index in [0.29, 0.717) is 6.61 Å². The number of nitrogens with zero attached hydrogens (tertiary/aromatic N) is 1. The topological polar surface area (TPSA) is 54.9 Å². The van der Waals surface area contributed by atoms with Crippen LogP contribution < -0.4 is 20.1 Å². The van der Waals surface area contributed by atoms with Crippen LogP contribution in [0.15, 0.2) is 23.2 Å². The standard InChI is InChI=1S/C19H31N3O2/c1-4-24-18-14-16(9-10-17(18)23-3)6-5-12-21-19(20-2)22-13-11-15-7-8-15/h9-10,14-15H,4-8,11-13H2,1-3H3,(H2,20,21,22). The molecule has 0 amide bonds. The third kappa shape index (κ3) is 6.30. The molecule has 0 aromatic heterocycles. The number of nitrogens with one attached hydrogen (secondary N) is 2. The van der Waals surface area contributed by atoms with Gasteiger partial charge in [-0.05, 0) is 49.8 Å². The van der Waals surface area contributed by atoms with E-state index in [9.17, 15) is 0 Å². The van der Waals surface area contributed by atoms with E-state index >= 15 is 0 Å². The molecule has 0 heterocycles. The summed E-state index contributed by atoms with van der Waals surface area (Å²) in [6, 6.07) is 6.15. The van der Waals surface area contributed by atoms with Gasteiger partial charge in [0.05, 0.1) is 13.7 Å². The van der Waals surface area contributed by atoms with E-state index in [4.69, 9.17) is 9.47 Å². The van der Waals surface area contributed by atoms with Gasteiger partial charge in [0.2, 0.25) is 0 Å². The molecule has 24 heavy (non-hydrogen) atoms. The van der Waals surface area contributed by atoms with Crippen LogP contribution in [0.4, 0.5) is 0 Å². The summed E-state index contributed by atoms with van der Waals surface area (Å²) in [5.41, 5.74) is 1.26. The minimum absolute atomic E-state index is 0.643. The minimum Gasteiger partial charge on any atom is -0.493 e. The van der Waals surface area contributed by atoms with E-state index in [0.717, 1.165) is 49.3 Å². The fourth-order valence-electron chi connectivity index (χ4n) is 2.67. The molecule has 0 bridgehead atoms. The predicted octanol–water partition coefficient (Wildman–Crippen LogP) is 2.99. The van der Waals surface area contributed by atoms with Gasteiger partial charge >= 0.3 is 0 Å². The van der Waals surface area contributed by atoms with E-state index in [2.05, 4.69) is 27.8 Å². The van der Waals surface area contributed by atoms with Crippen molar-refractivity contribution in [2.75, 3.05) is 33.9 Å². The summed E-state index contributed by atoms with van der Waals surface area (Å²) in [7, 11) is 3.49. The lowest BCUT2D eigenvalue weighted by molar-refractivity contribution is 0.310. The Labute approximate surface area is 145 Å². The van der Waals surface area contributed by atoms with Crippen molar-refractivity contribution >= 4 is 5.96 Å². The van der Waals surface area contributed by atoms with Gasteiger partial charge < -0.3 is 20.1 Å². The molecule has 0 aliphatic heterocycles. The second-order valence-electron chi connectivity index (χ2n) is 6.18. The van der Waals surface area contributed by atoms with Gasteiger partial charge in [-0.2, -0.15) is 0 Å². The first-order valence-corrected chi connectivity index (χ1v) is 9.01. The highest BCUT2D eigenvalue weighted by Crippen LogP contribution is 2.31. The Morgan fingerprint density at radius 3 is 2.67 bits per heavy atom. The monoisotopic (exact) mass is 333 g/mol. The van der Waals surface area contributed by atoms with E-state index in [1.807, 2.05) is 20.0 Å². The molecule has 1 fully saturated rings. The first-order chi connectivity index (χ1) is 11.8. The second kappa shape index (κ2) is 10.1. The smallest absolute Gasteiger partial charge is 0.190 e. The molecule has 1 saturated carbocycles. The summed E-state index contributed by atoms with van der Waals surface area (Å²) in [5, 5.41) is 6.76. The van der Waals surface area contributed by atoms with Crippen LogP contribution in [0.3, 0.4) is 0 Å². The number of aryl methyl sites for hydroxylation is 1. The molecule has 134 valence electrons. The number of hydrogen-bond donors (Lipinski definition) is 2. The van der Waals surface area contributed by atoms with Gasteiger partial charge in [0.1, 0.15) is 0 Å². The number of methoxy groups -OCH3 is 1. The highest BCUT2D eigenvalue weighted by molar-refractivity contribution is 5.79. The molecule has 5 heteroatoms. The summed E-state index contributed by atoms with van der Waals surface area (Å²) >= 11 is 0. The Morgan fingerprint density at radius 2 is 2.00 bits per heavy atom. The summed E-state index contributed by atoms with van der Waals surface area (Å²) in [6.45, 7) is 4.54. The molecule has 0 unspecified atom stereocenters. The molecular weight excluding hydrogens is 302 g/mol. The number of hydrogen-bond acceptors (Lipinski definition) is 3. The van der Waals surface area contributed by atoms with Crippen molar-refractivity contribution in [3.63, 3.8) is 0 Å². The van der Waals surface area contributed by atoms with E-state index < -0.39 is 0 Å². The van der Waals surface area contributed by atoms with Crippen LogP contribution in [-0.4, -0.2) is 39.8 Å². The SMILES string of the molecule is CCOc1cc(CCCNC(=NC)NCCC2CC2)ccc1OC. The predicted molar refractivity (Wildman–Crippen MR) is 99.2 cm³/mol. The number of benzene rings is 1. The van der Waals surface area contributed by atoms with E-state index in [1.165, 1.54) is 24.8 Å². The van der Waals surface area contributed by atoms with Gasteiger partial charge in [-0.1, -0.05) is 18.9 Å². The first-order valence-electron chi connectivity index (χ1n) is 9.01. The molecule has 0 saturated heterocycles. The van der Waals surface area contributed by atoms with Crippen LogP contribution >= 0.6 is 0 Å². The van der Waals surface area contributed by atoms with Crippen molar-refractivity contribution in [2.45, 2.75) is 39.0 Å². The lowest BCUT2D eigenvalue weighted by Crippen LogP contribution is -2.38. The van der Waals surface area contributed by atoms with Gasteiger partial charge in [-0.15, -0.1) is 0 Å². The molecule has 0 atom stereocenters. The van der Waals surface area contributed by atoms with Gasteiger partial charge in [-0.3, -0.25) is 4.99 Å². The molecule has 5 nitrogen and oxygen atoms in total. The summed E-state index contributed by atoms with van der Waals surface area (Å²) in [6.07, 6.45) is 6.10. The van der Waals surface area contributed by atoms with Crippen molar-refractivity contribution in [3.8, 4) is 11.5 Å². The molecule has 0 spiro atoms. The highest BCUT2D eigenvalue weighted by atomic mass is 16.5. The quantitative estimate of drug-likeness (QED) is 0.393. The Balaban J connectivity index is 1.69. The Morgan fingerprint density at radius 1 is 1.21 bits per heavy atom. The molecule has 2 rings (SSSR count). The minimum atomic E-state index is 0.643. The molecule has 2 N–H and O–H groups in total. The Kier molecular flexibility index (Phi) is 7.72. The molecule has 1 aliphatic carbocycles. The molecule has 0 radical (unpaired) electrons. The van der Waals surface area contributed by atoms with Crippen LogP contribution in [0.1, 0.15) is 38.2 Å². The van der Waals surface area contributed by atoms with Crippen LogP contribution in [0, 0.1) is 5.92 Å². The maximum absolute atomic E-state index is 5.63. The summed E-state index contributed by atoms with van der Waals surface area (Å²) < 4.78 is 11.0. The highest BCUT2D eigenvalue weighted by Gasteiger charge is 2.20. The van der Waals surface area contributed by atoms with Crippen LogP contribution in [0.2, 0.25) is 0 Å². The molecule has 1 aromatic rings. The summed E-state index contributed by atoms with van der Waals surface area (Å²) in [5.74, 6) is 3.47.